The summed E-state index contributed by atoms with van der Waals surface area (Å²) in [4.78, 5) is 26.7. The van der Waals surface area contributed by atoms with Gasteiger partial charge in [-0.15, -0.1) is 0 Å². The number of aromatic nitrogens is 2. The third kappa shape index (κ3) is 6.12. The van der Waals surface area contributed by atoms with Gasteiger partial charge in [-0.2, -0.15) is 0 Å². The molecule has 0 amide bonds. The van der Waals surface area contributed by atoms with Crippen LogP contribution in [0.1, 0.15) is 24.1 Å². The van der Waals surface area contributed by atoms with Crippen LogP contribution >= 0.6 is 39.1 Å². The number of anilines is 2. The van der Waals surface area contributed by atoms with Crippen LogP contribution in [0.3, 0.4) is 0 Å². The zero-order valence-corrected chi connectivity index (χ0v) is 19.9. The third-order valence-electron chi connectivity index (χ3n) is 4.54. The Balaban J connectivity index is 1.85. The molecule has 0 aliphatic rings. The van der Waals surface area contributed by atoms with Crippen LogP contribution in [0.25, 0.3) is 5.65 Å². The largest absolute Gasteiger partial charge is 0.485 e. The van der Waals surface area contributed by atoms with Crippen molar-refractivity contribution in [2.75, 3.05) is 23.7 Å². The lowest BCUT2D eigenvalue weighted by Gasteiger charge is -2.18. The molecule has 7 nitrogen and oxygen atoms in total. The summed E-state index contributed by atoms with van der Waals surface area (Å²) in [5.74, 6) is 0.629. The van der Waals surface area contributed by atoms with E-state index < -0.39 is 10.5 Å². The quantitative estimate of drug-likeness (QED) is 0.337. The summed E-state index contributed by atoms with van der Waals surface area (Å²) < 4.78 is 8.92. The van der Waals surface area contributed by atoms with Crippen LogP contribution in [-0.4, -0.2) is 33.0 Å². The molecule has 10 heteroatoms. The number of benzene rings is 1. The monoisotopic (exact) mass is 526 g/mol. The molecular formula is C21H21BrCl2N4O3. The van der Waals surface area contributed by atoms with Crippen LogP contribution in [0.2, 0.25) is 0 Å². The first kappa shape index (κ1) is 23.4. The second kappa shape index (κ2) is 10.8. The number of nitrogens with one attached hydrogen (secondary N) is 2. The number of hydrogen-bond acceptors (Lipinski definition) is 6. The van der Waals surface area contributed by atoms with E-state index in [1.165, 1.54) is 0 Å². The Labute approximate surface area is 198 Å². The number of carbonyl (C=O) groups excluding carboxylic acids is 2. The summed E-state index contributed by atoms with van der Waals surface area (Å²) >= 11 is 14.4. The lowest BCUT2D eigenvalue weighted by Crippen LogP contribution is -2.12. The van der Waals surface area contributed by atoms with Crippen molar-refractivity contribution < 1.29 is 14.3 Å². The molecule has 0 unspecified atom stereocenters. The molecule has 2 heterocycles. The number of rotatable bonds is 11. The van der Waals surface area contributed by atoms with Crippen LogP contribution in [-0.2, 0) is 16.2 Å². The summed E-state index contributed by atoms with van der Waals surface area (Å²) in [5, 5.41) is 5.63. The van der Waals surface area contributed by atoms with Crippen molar-refractivity contribution >= 4 is 66.6 Å². The van der Waals surface area contributed by atoms with E-state index in [4.69, 9.17) is 27.9 Å². The van der Waals surface area contributed by atoms with Crippen molar-refractivity contribution in [3.05, 3.63) is 52.4 Å². The molecule has 3 rings (SSSR count). The maximum Gasteiger partial charge on any atom is 0.223 e. The number of imidazole rings is 1. The van der Waals surface area contributed by atoms with E-state index in [0.717, 1.165) is 27.2 Å². The van der Waals surface area contributed by atoms with Gasteiger partial charge in [-0.3, -0.25) is 14.0 Å². The van der Waals surface area contributed by atoms with Gasteiger partial charge < -0.3 is 15.4 Å². The van der Waals surface area contributed by atoms with Gasteiger partial charge in [-0.1, -0.05) is 6.07 Å². The molecule has 31 heavy (non-hydrogen) atoms. The normalized spacial score (nSPS) is 10.8. The van der Waals surface area contributed by atoms with Gasteiger partial charge in [0.1, 0.15) is 11.2 Å². The molecular weight excluding hydrogens is 507 g/mol. The van der Waals surface area contributed by atoms with Gasteiger partial charge in [-0.05, 0) is 70.3 Å². The lowest BCUT2D eigenvalue weighted by molar-refractivity contribution is -0.112. The van der Waals surface area contributed by atoms with Crippen molar-refractivity contribution in [2.24, 2.45) is 0 Å². The minimum atomic E-state index is -0.410. The number of fused-ring (bicyclic) bond motifs is 1. The number of nitrogens with zero attached hydrogens (tertiary/aromatic N) is 2. The predicted molar refractivity (Wildman–Crippen MR) is 126 cm³/mol. The smallest absolute Gasteiger partial charge is 0.223 e. The molecule has 0 saturated heterocycles. The Hall–Kier alpha value is -2.29. The summed E-state index contributed by atoms with van der Waals surface area (Å²) in [7, 11) is 0. The van der Waals surface area contributed by atoms with Gasteiger partial charge in [0.2, 0.25) is 10.5 Å². The first-order valence-electron chi connectivity index (χ1n) is 9.59. The molecule has 164 valence electrons. The van der Waals surface area contributed by atoms with Gasteiger partial charge in [0, 0.05) is 49.1 Å². The molecule has 0 bridgehead atoms. The summed E-state index contributed by atoms with van der Waals surface area (Å²) in [5.41, 5.74) is 4.00. The van der Waals surface area contributed by atoms with Crippen molar-refractivity contribution in [3.8, 4) is 5.75 Å². The average Bonchev–Trinajstić information content (AvgIpc) is 3.01. The number of pyridine rings is 1. The fourth-order valence-electron chi connectivity index (χ4n) is 3.05. The van der Waals surface area contributed by atoms with Crippen LogP contribution in [0.15, 0.2) is 41.1 Å². The van der Waals surface area contributed by atoms with Crippen LogP contribution in [0.5, 0.6) is 5.75 Å². The van der Waals surface area contributed by atoms with Gasteiger partial charge >= 0.3 is 0 Å². The van der Waals surface area contributed by atoms with Crippen molar-refractivity contribution in [1.82, 2.24) is 9.38 Å². The highest BCUT2D eigenvalue weighted by Crippen LogP contribution is 2.29. The van der Waals surface area contributed by atoms with E-state index in [1.807, 2.05) is 47.9 Å². The van der Waals surface area contributed by atoms with E-state index in [2.05, 4.69) is 31.5 Å². The Morgan fingerprint density at radius 2 is 1.68 bits per heavy atom. The van der Waals surface area contributed by atoms with Gasteiger partial charge in [0.05, 0.1) is 5.69 Å². The zero-order valence-electron chi connectivity index (χ0n) is 16.8. The lowest BCUT2D eigenvalue weighted by atomic mass is 10.1. The summed E-state index contributed by atoms with van der Waals surface area (Å²) in [6.07, 6.45) is 2.29. The molecule has 0 atom stereocenters. The number of aryl methyl sites for hydroxylation is 1. The maximum absolute atomic E-state index is 11.1. The van der Waals surface area contributed by atoms with E-state index >= 15 is 0 Å². The standard InChI is InChI=1S/C21H21BrCl2N4O3/c1-13-20(22)28-11-3-6-17(21(28)27-13)31-12-14-15(25-9-7-18(23)29)4-2-5-16(14)26-10-8-19(24)30/h2-6,11,25-26H,7-10,12H2,1H3. The Morgan fingerprint density at radius 1 is 1.06 bits per heavy atom. The van der Waals surface area contributed by atoms with Crippen molar-refractivity contribution in [2.45, 2.75) is 26.4 Å². The second-order valence-electron chi connectivity index (χ2n) is 6.74. The molecule has 0 fully saturated rings. The SMILES string of the molecule is Cc1nc2c(OCc3c(NCCC(=O)Cl)cccc3NCCC(=O)Cl)cccn2c1Br. The minimum absolute atomic E-state index is 0.195. The third-order valence-corrected chi connectivity index (χ3v) is 5.87. The second-order valence-corrected chi connectivity index (χ2v) is 8.33. The van der Waals surface area contributed by atoms with E-state index in [1.54, 1.807) is 0 Å². The molecule has 3 aromatic rings. The molecule has 0 aliphatic heterocycles. The average molecular weight is 528 g/mol. The van der Waals surface area contributed by atoms with Crippen LogP contribution in [0.4, 0.5) is 11.4 Å². The number of hydrogen-bond donors (Lipinski definition) is 2. The van der Waals surface area contributed by atoms with Gasteiger partial charge in [0.25, 0.3) is 0 Å². The Kier molecular flexibility index (Phi) is 8.17. The first-order valence-corrected chi connectivity index (χ1v) is 11.1. The summed E-state index contributed by atoms with van der Waals surface area (Å²) in [6, 6.07) is 9.40. The Bertz CT molecular complexity index is 1070. The number of carbonyl (C=O) groups is 2. The zero-order chi connectivity index (χ0) is 22.4. The molecule has 2 aromatic heterocycles. The number of halogens is 3. The van der Waals surface area contributed by atoms with E-state index in [-0.39, 0.29) is 19.4 Å². The topological polar surface area (TPSA) is 84.7 Å². The highest BCUT2D eigenvalue weighted by Gasteiger charge is 2.14. The summed E-state index contributed by atoms with van der Waals surface area (Å²) in [6.45, 7) is 2.93. The molecule has 0 aliphatic carbocycles. The molecule has 0 spiro atoms. The van der Waals surface area contributed by atoms with E-state index in [9.17, 15) is 9.59 Å². The van der Waals surface area contributed by atoms with Crippen molar-refractivity contribution in [3.63, 3.8) is 0 Å². The van der Waals surface area contributed by atoms with E-state index in [0.29, 0.717) is 24.5 Å². The fraction of sp³-hybridized carbons (Fsp3) is 0.286. The molecule has 0 saturated carbocycles. The molecule has 0 radical (unpaired) electrons. The van der Waals surface area contributed by atoms with Crippen molar-refractivity contribution in [1.29, 1.82) is 0 Å². The fourth-order valence-corrected chi connectivity index (χ4v) is 3.62. The molecule has 2 N–H and O–H groups in total. The van der Waals surface area contributed by atoms with Crippen LogP contribution < -0.4 is 15.4 Å². The maximum atomic E-state index is 11.1. The number of ether oxygens (including phenoxy) is 1. The Morgan fingerprint density at radius 3 is 2.26 bits per heavy atom. The predicted octanol–water partition coefficient (Wildman–Crippen LogP) is 5.12. The first-order chi connectivity index (χ1) is 14.9. The highest BCUT2D eigenvalue weighted by atomic mass is 79.9. The molecule has 1 aromatic carbocycles. The highest BCUT2D eigenvalue weighted by molar-refractivity contribution is 9.10. The van der Waals surface area contributed by atoms with Gasteiger partial charge in [0.15, 0.2) is 11.4 Å². The van der Waals surface area contributed by atoms with Crippen LogP contribution in [0, 0.1) is 6.92 Å². The minimum Gasteiger partial charge on any atom is -0.485 e. The van der Waals surface area contributed by atoms with Gasteiger partial charge in [-0.25, -0.2) is 4.98 Å².